The van der Waals surface area contributed by atoms with Gasteiger partial charge in [-0.2, -0.15) is 0 Å². The molecule has 6 heteroatoms. The minimum atomic E-state index is 0.189. The van der Waals surface area contributed by atoms with Gasteiger partial charge in [0.15, 0.2) is 0 Å². The van der Waals surface area contributed by atoms with E-state index in [0.717, 1.165) is 37.9 Å². The van der Waals surface area contributed by atoms with Crippen LogP contribution in [0, 0.1) is 0 Å². The second-order valence-electron chi connectivity index (χ2n) is 4.71. The van der Waals surface area contributed by atoms with E-state index in [4.69, 9.17) is 4.74 Å². The van der Waals surface area contributed by atoms with Gasteiger partial charge in [0.2, 0.25) is 0 Å². The topological polar surface area (TPSA) is 58.6 Å². The Hall–Kier alpha value is -1.69. The predicted octanol–water partition coefficient (Wildman–Crippen LogP) is 0.728. The number of ether oxygens (including phenoxy) is 1. The molecule has 0 atom stereocenters. The molecule has 2 heterocycles. The molecule has 0 saturated carbocycles. The van der Waals surface area contributed by atoms with Gasteiger partial charge in [-0.25, -0.2) is 9.97 Å². The van der Waals surface area contributed by atoms with E-state index in [-0.39, 0.29) is 5.78 Å². The highest BCUT2D eigenvalue weighted by molar-refractivity contribution is 5.76. The number of carbonyl (C=O) groups is 1. The molecule has 6 nitrogen and oxygen atoms in total. The van der Waals surface area contributed by atoms with Crippen LogP contribution in [0.3, 0.4) is 0 Å². The lowest BCUT2D eigenvalue weighted by molar-refractivity contribution is -0.116. The second-order valence-corrected chi connectivity index (χ2v) is 4.71. The summed E-state index contributed by atoms with van der Waals surface area (Å²) >= 11 is 0. The van der Waals surface area contributed by atoms with E-state index in [1.54, 1.807) is 13.3 Å². The summed E-state index contributed by atoms with van der Waals surface area (Å²) in [5.41, 5.74) is 0. The highest BCUT2D eigenvalue weighted by atomic mass is 16.5. The van der Waals surface area contributed by atoms with E-state index < -0.39 is 0 Å². The number of Topliss-reactive ketones (excluding diaryl/α,β-unsaturated/α-hetero) is 1. The Labute approximate surface area is 113 Å². The molecule has 1 aliphatic rings. The summed E-state index contributed by atoms with van der Waals surface area (Å²) in [6.45, 7) is 5.46. The van der Waals surface area contributed by atoms with Crippen LogP contribution in [0.2, 0.25) is 0 Å². The number of ketones is 1. The van der Waals surface area contributed by atoms with Crippen molar-refractivity contribution in [2.45, 2.75) is 13.3 Å². The molecule has 1 aliphatic heterocycles. The lowest BCUT2D eigenvalue weighted by atomic mass is 10.3. The van der Waals surface area contributed by atoms with E-state index in [2.05, 4.69) is 14.9 Å². The molecule has 0 amide bonds. The number of hydrogen-bond acceptors (Lipinski definition) is 6. The Bertz CT molecular complexity index is 432. The van der Waals surface area contributed by atoms with Crippen molar-refractivity contribution in [2.75, 3.05) is 49.7 Å². The molecule has 0 aromatic carbocycles. The van der Waals surface area contributed by atoms with Crippen LogP contribution in [-0.4, -0.2) is 55.6 Å². The fourth-order valence-electron chi connectivity index (χ4n) is 1.95. The molecular weight excluding hydrogens is 244 g/mol. The molecule has 0 aliphatic carbocycles. The summed E-state index contributed by atoms with van der Waals surface area (Å²) in [6, 6.07) is 1.96. The van der Waals surface area contributed by atoms with Gasteiger partial charge >= 0.3 is 0 Å². The average Bonchev–Trinajstić information content (AvgIpc) is 2.46. The number of anilines is 2. The minimum Gasteiger partial charge on any atom is -0.378 e. The third-order valence-electron chi connectivity index (χ3n) is 3.16. The molecule has 0 N–H and O–H groups in total. The van der Waals surface area contributed by atoms with Crippen molar-refractivity contribution in [1.82, 2.24) is 9.97 Å². The van der Waals surface area contributed by atoms with Crippen LogP contribution < -0.4 is 9.80 Å². The minimum absolute atomic E-state index is 0.189. The predicted molar refractivity (Wildman–Crippen MR) is 73.6 cm³/mol. The van der Waals surface area contributed by atoms with E-state index in [1.165, 1.54) is 0 Å². The molecule has 1 fully saturated rings. The van der Waals surface area contributed by atoms with E-state index in [0.29, 0.717) is 13.0 Å². The van der Waals surface area contributed by atoms with Gasteiger partial charge in [-0.15, -0.1) is 0 Å². The second kappa shape index (κ2) is 6.47. The normalized spacial score (nSPS) is 15.4. The standard InChI is InChI=1S/C13H20N4O2/c1-11(18)3-4-16(2)12-9-13(15-10-14-12)17-5-7-19-8-6-17/h9-10H,3-8H2,1-2H3. The summed E-state index contributed by atoms with van der Waals surface area (Å²) < 4.78 is 5.33. The highest BCUT2D eigenvalue weighted by Gasteiger charge is 2.14. The Balaban J connectivity index is 2.03. The van der Waals surface area contributed by atoms with Crippen LogP contribution in [0.5, 0.6) is 0 Å². The van der Waals surface area contributed by atoms with Crippen molar-refractivity contribution in [3.8, 4) is 0 Å². The lowest BCUT2D eigenvalue weighted by Gasteiger charge is -2.28. The van der Waals surface area contributed by atoms with Crippen molar-refractivity contribution < 1.29 is 9.53 Å². The van der Waals surface area contributed by atoms with Crippen LogP contribution in [0.25, 0.3) is 0 Å². The summed E-state index contributed by atoms with van der Waals surface area (Å²) in [6.07, 6.45) is 2.11. The molecule has 104 valence electrons. The zero-order valence-electron chi connectivity index (χ0n) is 11.5. The first-order valence-corrected chi connectivity index (χ1v) is 6.52. The first-order chi connectivity index (χ1) is 9.16. The number of carbonyl (C=O) groups excluding carboxylic acids is 1. The molecule has 19 heavy (non-hydrogen) atoms. The molecule has 0 bridgehead atoms. The molecule has 0 radical (unpaired) electrons. The number of aromatic nitrogens is 2. The highest BCUT2D eigenvalue weighted by Crippen LogP contribution is 2.17. The van der Waals surface area contributed by atoms with Crippen LogP contribution in [0.15, 0.2) is 12.4 Å². The van der Waals surface area contributed by atoms with Gasteiger partial charge in [0, 0.05) is 39.2 Å². The van der Waals surface area contributed by atoms with Gasteiger partial charge < -0.3 is 14.5 Å². The molecule has 2 rings (SSSR count). The molecular formula is C13H20N4O2. The average molecular weight is 264 g/mol. The fourth-order valence-corrected chi connectivity index (χ4v) is 1.95. The molecule has 1 aromatic heterocycles. The molecule has 1 aromatic rings. The SMILES string of the molecule is CC(=O)CCN(C)c1cc(N2CCOCC2)ncn1. The van der Waals surface area contributed by atoms with Gasteiger partial charge in [0.25, 0.3) is 0 Å². The third kappa shape index (κ3) is 3.89. The van der Waals surface area contributed by atoms with Gasteiger partial charge in [-0.3, -0.25) is 4.79 Å². The smallest absolute Gasteiger partial charge is 0.134 e. The first kappa shape index (κ1) is 13.7. The largest absolute Gasteiger partial charge is 0.378 e. The van der Waals surface area contributed by atoms with Crippen molar-refractivity contribution in [2.24, 2.45) is 0 Å². The number of nitrogens with zero attached hydrogens (tertiary/aromatic N) is 4. The zero-order chi connectivity index (χ0) is 13.7. The van der Waals surface area contributed by atoms with Crippen LogP contribution in [0.1, 0.15) is 13.3 Å². The monoisotopic (exact) mass is 264 g/mol. The Morgan fingerprint density at radius 3 is 2.84 bits per heavy atom. The third-order valence-corrected chi connectivity index (χ3v) is 3.16. The Kier molecular flexibility index (Phi) is 4.68. The van der Waals surface area contributed by atoms with Crippen molar-refractivity contribution in [3.63, 3.8) is 0 Å². The van der Waals surface area contributed by atoms with E-state index in [9.17, 15) is 4.79 Å². The van der Waals surface area contributed by atoms with Gasteiger partial charge in [-0.05, 0) is 6.92 Å². The van der Waals surface area contributed by atoms with Crippen molar-refractivity contribution >= 4 is 17.4 Å². The molecule has 0 spiro atoms. The zero-order valence-corrected chi connectivity index (χ0v) is 11.5. The Morgan fingerprint density at radius 1 is 1.42 bits per heavy atom. The van der Waals surface area contributed by atoms with E-state index in [1.807, 2.05) is 18.0 Å². The molecule has 1 saturated heterocycles. The summed E-state index contributed by atoms with van der Waals surface area (Å²) in [4.78, 5) is 23.7. The maximum absolute atomic E-state index is 11.0. The van der Waals surface area contributed by atoms with Crippen LogP contribution >= 0.6 is 0 Å². The summed E-state index contributed by atoms with van der Waals surface area (Å²) in [5.74, 6) is 1.95. The maximum atomic E-state index is 11.0. The van der Waals surface area contributed by atoms with Gasteiger partial charge in [0.05, 0.1) is 13.2 Å². The summed E-state index contributed by atoms with van der Waals surface area (Å²) in [5, 5.41) is 0. The van der Waals surface area contributed by atoms with Gasteiger partial charge in [-0.1, -0.05) is 0 Å². The van der Waals surface area contributed by atoms with Gasteiger partial charge in [0.1, 0.15) is 23.7 Å². The number of morpholine rings is 1. The first-order valence-electron chi connectivity index (χ1n) is 6.52. The summed E-state index contributed by atoms with van der Waals surface area (Å²) in [7, 11) is 1.94. The fraction of sp³-hybridized carbons (Fsp3) is 0.615. The quantitative estimate of drug-likeness (QED) is 0.781. The lowest BCUT2D eigenvalue weighted by Crippen LogP contribution is -2.37. The van der Waals surface area contributed by atoms with Crippen LogP contribution in [0.4, 0.5) is 11.6 Å². The Morgan fingerprint density at radius 2 is 2.16 bits per heavy atom. The molecule has 0 unspecified atom stereocenters. The van der Waals surface area contributed by atoms with Crippen LogP contribution in [-0.2, 0) is 9.53 Å². The number of hydrogen-bond donors (Lipinski definition) is 0. The maximum Gasteiger partial charge on any atom is 0.134 e. The number of rotatable bonds is 5. The van der Waals surface area contributed by atoms with Crippen molar-refractivity contribution in [1.29, 1.82) is 0 Å². The van der Waals surface area contributed by atoms with Crippen molar-refractivity contribution in [3.05, 3.63) is 12.4 Å². The van der Waals surface area contributed by atoms with E-state index >= 15 is 0 Å².